The van der Waals surface area contributed by atoms with Gasteiger partial charge in [-0.25, -0.2) is 4.79 Å². The van der Waals surface area contributed by atoms with Gasteiger partial charge >= 0.3 is 6.03 Å². The number of rotatable bonds is 5. The first-order valence-corrected chi connectivity index (χ1v) is 8.77. The molecular weight excluding hydrogens is 348 g/mol. The number of piperidine rings is 1. The molecule has 2 heterocycles. The Morgan fingerprint density at radius 1 is 1.19 bits per heavy atom. The lowest BCUT2D eigenvalue weighted by molar-refractivity contribution is -0.126. The van der Waals surface area contributed by atoms with E-state index < -0.39 is 6.03 Å². The molecule has 4 N–H and O–H groups in total. The molecule has 1 fully saturated rings. The van der Waals surface area contributed by atoms with Crippen LogP contribution in [-0.4, -0.2) is 35.8 Å². The highest BCUT2D eigenvalue weighted by Crippen LogP contribution is 2.19. The summed E-state index contributed by atoms with van der Waals surface area (Å²) in [6.07, 6.45) is 4.42. The van der Waals surface area contributed by atoms with Gasteiger partial charge in [-0.15, -0.1) is 0 Å². The molecule has 1 aromatic carbocycles. The summed E-state index contributed by atoms with van der Waals surface area (Å²) >= 11 is 0. The van der Waals surface area contributed by atoms with Crippen molar-refractivity contribution in [3.05, 3.63) is 54.0 Å². The number of nitrogens with two attached hydrogens (primary N) is 1. The summed E-state index contributed by atoms with van der Waals surface area (Å²) in [5.74, 6) is -0.414. The van der Waals surface area contributed by atoms with Crippen molar-refractivity contribution in [1.82, 2.24) is 10.2 Å². The number of anilines is 1. The minimum atomic E-state index is -0.622. The molecular formula is C19H22N4O4. The lowest BCUT2D eigenvalue weighted by Gasteiger charge is -2.31. The summed E-state index contributed by atoms with van der Waals surface area (Å²) in [5, 5.41) is 5.40. The minimum absolute atomic E-state index is 0.0703. The molecule has 0 saturated carbocycles. The number of nitrogens with one attached hydrogen (secondary N) is 2. The summed E-state index contributed by atoms with van der Waals surface area (Å²) in [5.41, 5.74) is 7.07. The van der Waals surface area contributed by atoms with Crippen molar-refractivity contribution in [2.45, 2.75) is 19.4 Å². The van der Waals surface area contributed by atoms with Gasteiger partial charge in [-0.2, -0.15) is 0 Å². The molecule has 0 bridgehead atoms. The lowest BCUT2D eigenvalue weighted by Crippen LogP contribution is -2.45. The Bertz CT molecular complexity index is 802. The summed E-state index contributed by atoms with van der Waals surface area (Å²) < 4.78 is 4.96. The molecule has 8 nitrogen and oxygen atoms in total. The van der Waals surface area contributed by atoms with Crippen molar-refractivity contribution in [2.24, 2.45) is 11.7 Å². The second kappa shape index (κ2) is 8.39. The maximum Gasteiger partial charge on any atom is 0.316 e. The van der Waals surface area contributed by atoms with Crippen LogP contribution in [0.15, 0.2) is 47.3 Å². The fourth-order valence-corrected chi connectivity index (χ4v) is 3.13. The highest BCUT2D eigenvalue weighted by atomic mass is 16.3. The summed E-state index contributed by atoms with van der Waals surface area (Å²) in [4.78, 5) is 37.4. The fraction of sp³-hybridized carbons (Fsp3) is 0.316. The molecule has 1 aliphatic rings. The van der Waals surface area contributed by atoms with E-state index in [0.29, 0.717) is 30.9 Å². The topological polar surface area (TPSA) is 118 Å². The Morgan fingerprint density at radius 2 is 1.96 bits per heavy atom. The Balaban J connectivity index is 1.51. The number of carbonyl (C=O) groups excluding carboxylic acids is 3. The van der Waals surface area contributed by atoms with Gasteiger partial charge in [0.2, 0.25) is 5.91 Å². The molecule has 27 heavy (non-hydrogen) atoms. The van der Waals surface area contributed by atoms with Gasteiger partial charge in [0.25, 0.3) is 5.91 Å². The molecule has 1 aromatic heterocycles. The maximum atomic E-state index is 12.5. The molecule has 142 valence electrons. The third kappa shape index (κ3) is 4.87. The van der Waals surface area contributed by atoms with Crippen LogP contribution in [0.4, 0.5) is 10.5 Å². The smallest absolute Gasteiger partial charge is 0.316 e. The second-order valence-electron chi connectivity index (χ2n) is 6.51. The molecule has 4 amide bonds. The average molecular weight is 370 g/mol. The zero-order valence-electron chi connectivity index (χ0n) is 14.8. The Kier molecular flexibility index (Phi) is 5.75. The van der Waals surface area contributed by atoms with E-state index >= 15 is 0 Å². The zero-order valence-corrected chi connectivity index (χ0v) is 14.8. The van der Waals surface area contributed by atoms with Crippen LogP contribution in [-0.2, 0) is 11.3 Å². The van der Waals surface area contributed by atoms with Crippen LogP contribution in [0.25, 0.3) is 0 Å². The van der Waals surface area contributed by atoms with Crippen LogP contribution in [0.1, 0.15) is 28.8 Å². The molecule has 0 unspecified atom stereocenters. The summed E-state index contributed by atoms with van der Waals surface area (Å²) in [6.45, 7) is 1.42. The monoisotopic (exact) mass is 370 g/mol. The highest BCUT2D eigenvalue weighted by molar-refractivity contribution is 5.94. The molecule has 1 aliphatic heterocycles. The number of benzene rings is 1. The van der Waals surface area contributed by atoms with Crippen molar-refractivity contribution >= 4 is 23.5 Å². The van der Waals surface area contributed by atoms with Crippen molar-refractivity contribution in [3.63, 3.8) is 0 Å². The van der Waals surface area contributed by atoms with E-state index in [9.17, 15) is 14.4 Å². The highest BCUT2D eigenvalue weighted by Gasteiger charge is 2.29. The number of likely N-dealkylation sites (tertiary alicyclic amines) is 1. The number of hydrogen-bond acceptors (Lipinski definition) is 4. The number of amides is 4. The van der Waals surface area contributed by atoms with Crippen LogP contribution < -0.4 is 16.4 Å². The first kappa shape index (κ1) is 18.5. The van der Waals surface area contributed by atoms with Crippen molar-refractivity contribution in [2.75, 3.05) is 18.4 Å². The number of carbonyl (C=O) groups is 3. The Morgan fingerprint density at radius 3 is 2.63 bits per heavy atom. The Hall–Kier alpha value is -3.29. The molecule has 0 aliphatic carbocycles. The fourth-order valence-electron chi connectivity index (χ4n) is 3.13. The van der Waals surface area contributed by atoms with Gasteiger partial charge in [0.1, 0.15) is 6.26 Å². The van der Waals surface area contributed by atoms with E-state index in [0.717, 1.165) is 18.4 Å². The van der Waals surface area contributed by atoms with Crippen LogP contribution in [0.3, 0.4) is 0 Å². The zero-order chi connectivity index (χ0) is 19.2. The van der Waals surface area contributed by atoms with Crippen molar-refractivity contribution in [1.29, 1.82) is 0 Å². The third-order valence-electron chi connectivity index (χ3n) is 4.54. The predicted molar refractivity (Wildman–Crippen MR) is 98.8 cm³/mol. The van der Waals surface area contributed by atoms with Gasteiger partial charge in [0.15, 0.2) is 0 Å². The molecule has 1 saturated heterocycles. The number of primary amides is 1. The molecule has 3 rings (SSSR count). The van der Waals surface area contributed by atoms with Crippen LogP contribution in [0.2, 0.25) is 0 Å². The number of nitrogens with zero attached hydrogens (tertiary/aromatic N) is 1. The standard InChI is InChI=1S/C19H22N4O4/c20-19(26)22-16-5-3-13(4-6-16)10-21-17(24)14-2-1-8-23(11-14)18(25)15-7-9-27-12-15/h3-7,9,12,14H,1-2,8,10-11H2,(H,21,24)(H3,20,22,26)/t14-/m0/s1. The average Bonchev–Trinajstić information content (AvgIpc) is 3.21. The van der Waals surface area contributed by atoms with Gasteiger partial charge in [0, 0.05) is 25.3 Å². The molecule has 0 radical (unpaired) electrons. The van der Waals surface area contributed by atoms with Crippen LogP contribution >= 0.6 is 0 Å². The van der Waals surface area contributed by atoms with E-state index in [1.807, 2.05) is 0 Å². The molecule has 2 aromatic rings. The minimum Gasteiger partial charge on any atom is -0.472 e. The molecule has 1 atom stereocenters. The van der Waals surface area contributed by atoms with E-state index in [-0.39, 0.29) is 17.7 Å². The normalized spacial score (nSPS) is 16.6. The van der Waals surface area contributed by atoms with Crippen LogP contribution in [0, 0.1) is 5.92 Å². The van der Waals surface area contributed by atoms with Crippen LogP contribution in [0.5, 0.6) is 0 Å². The van der Waals surface area contributed by atoms with Gasteiger partial charge in [-0.3, -0.25) is 9.59 Å². The molecule has 8 heteroatoms. The second-order valence-corrected chi connectivity index (χ2v) is 6.51. The summed E-state index contributed by atoms with van der Waals surface area (Å²) in [6, 6.07) is 8.06. The first-order chi connectivity index (χ1) is 13.0. The predicted octanol–water partition coefficient (Wildman–Crippen LogP) is 1.94. The van der Waals surface area contributed by atoms with Gasteiger partial charge in [-0.1, -0.05) is 12.1 Å². The van der Waals surface area contributed by atoms with Crippen molar-refractivity contribution in [3.8, 4) is 0 Å². The summed E-state index contributed by atoms with van der Waals surface area (Å²) in [7, 11) is 0. The van der Waals surface area contributed by atoms with E-state index in [2.05, 4.69) is 10.6 Å². The maximum absolute atomic E-state index is 12.5. The van der Waals surface area contributed by atoms with E-state index in [4.69, 9.17) is 10.2 Å². The third-order valence-corrected chi connectivity index (χ3v) is 4.54. The Labute approximate surface area is 156 Å². The number of urea groups is 1. The molecule has 0 spiro atoms. The largest absolute Gasteiger partial charge is 0.472 e. The lowest BCUT2D eigenvalue weighted by atomic mass is 9.96. The number of furan rings is 1. The SMILES string of the molecule is NC(=O)Nc1ccc(CNC(=O)[C@H]2CCCN(C(=O)c3ccoc3)C2)cc1. The van der Waals surface area contributed by atoms with E-state index in [1.54, 1.807) is 35.2 Å². The number of hydrogen-bond donors (Lipinski definition) is 3. The quantitative estimate of drug-likeness (QED) is 0.745. The van der Waals surface area contributed by atoms with Gasteiger partial charge in [0.05, 0.1) is 17.7 Å². The van der Waals surface area contributed by atoms with E-state index in [1.165, 1.54) is 12.5 Å². The van der Waals surface area contributed by atoms with Gasteiger partial charge in [-0.05, 0) is 36.6 Å². The van der Waals surface area contributed by atoms with Gasteiger partial charge < -0.3 is 25.7 Å². The van der Waals surface area contributed by atoms with Crippen molar-refractivity contribution < 1.29 is 18.8 Å². The first-order valence-electron chi connectivity index (χ1n) is 8.77.